The summed E-state index contributed by atoms with van der Waals surface area (Å²) in [5, 5.41) is 9.55. The summed E-state index contributed by atoms with van der Waals surface area (Å²) >= 11 is 0. The van der Waals surface area contributed by atoms with Crippen molar-refractivity contribution in [2.24, 2.45) is 0 Å². The third-order valence-electron chi connectivity index (χ3n) is 2.76. The summed E-state index contributed by atoms with van der Waals surface area (Å²) in [4.78, 5) is 23.6. The molecule has 3 heteroatoms. The van der Waals surface area contributed by atoms with Crippen molar-refractivity contribution in [3.8, 4) is 5.75 Å². The molecule has 0 saturated carbocycles. The maximum Gasteiger partial charge on any atom is 0.193 e. The first kappa shape index (κ1) is 9.65. The number of phenols is 1. The summed E-state index contributed by atoms with van der Waals surface area (Å²) in [6.45, 7) is 3.23. The van der Waals surface area contributed by atoms with E-state index in [1.807, 2.05) is 0 Å². The van der Waals surface area contributed by atoms with Crippen molar-refractivity contribution < 1.29 is 14.7 Å². The molecule has 0 radical (unpaired) electrons. The van der Waals surface area contributed by atoms with Crippen molar-refractivity contribution in [2.45, 2.75) is 13.8 Å². The molecule has 1 aliphatic carbocycles. The van der Waals surface area contributed by atoms with Gasteiger partial charge in [0.25, 0.3) is 0 Å². The lowest BCUT2D eigenvalue weighted by Crippen LogP contribution is -2.19. The van der Waals surface area contributed by atoms with E-state index in [1.165, 1.54) is 6.07 Å². The third-order valence-corrected chi connectivity index (χ3v) is 2.76. The minimum Gasteiger partial charge on any atom is -0.507 e. The van der Waals surface area contributed by atoms with Gasteiger partial charge >= 0.3 is 0 Å². The number of rotatable bonds is 0. The van der Waals surface area contributed by atoms with E-state index < -0.39 is 0 Å². The predicted octanol–water partition coefficient (Wildman–Crippen LogP) is 2.11. The van der Waals surface area contributed by atoms with Gasteiger partial charge in [0.05, 0.1) is 5.56 Å². The summed E-state index contributed by atoms with van der Waals surface area (Å²) in [7, 11) is 0. The highest BCUT2D eigenvalue weighted by Gasteiger charge is 2.29. The van der Waals surface area contributed by atoms with E-state index in [4.69, 9.17) is 0 Å². The number of phenolic OH excluding ortho intramolecular Hbond substituents is 1. The lowest BCUT2D eigenvalue weighted by molar-refractivity contribution is 0.0972. The second-order valence-corrected chi connectivity index (χ2v) is 3.61. The lowest BCUT2D eigenvalue weighted by Gasteiger charge is -2.17. The Balaban J connectivity index is 2.79. The molecule has 0 amide bonds. The SMILES string of the molecule is CC1=C(C)C(=O)c2c(O)cccc2C1=O. The first-order valence-electron chi connectivity index (χ1n) is 4.63. The van der Waals surface area contributed by atoms with Crippen LogP contribution in [0.2, 0.25) is 0 Å². The number of hydrogen-bond acceptors (Lipinski definition) is 3. The van der Waals surface area contributed by atoms with Crippen LogP contribution in [-0.2, 0) is 0 Å². The van der Waals surface area contributed by atoms with Crippen molar-refractivity contribution in [3.63, 3.8) is 0 Å². The molecule has 1 aliphatic rings. The molecule has 0 saturated heterocycles. The molecule has 1 N–H and O–H groups in total. The minimum atomic E-state index is -0.264. The van der Waals surface area contributed by atoms with Gasteiger partial charge in [-0.1, -0.05) is 12.1 Å². The summed E-state index contributed by atoms with van der Waals surface area (Å²) in [6.07, 6.45) is 0. The average molecular weight is 202 g/mol. The van der Waals surface area contributed by atoms with E-state index >= 15 is 0 Å². The van der Waals surface area contributed by atoms with Crippen LogP contribution in [0.4, 0.5) is 0 Å². The fraction of sp³-hybridized carbons (Fsp3) is 0.167. The zero-order valence-electron chi connectivity index (χ0n) is 8.50. The Hall–Kier alpha value is -1.90. The molecule has 1 aromatic rings. The predicted molar refractivity (Wildman–Crippen MR) is 55.1 cm³/mol. The highest BCUT2D eigenvalue weighted by atomic mass is 16.3. The molecule has 0 spiro atoms. The zero-order chi connectivity index (χ0) is 11.2. The Morgan fingerprint density at radius 3 is 2.27 bits per heavy atom. The van der Waals surface area contributed by atoms with Crippen LogP contribution in [0.25, 0.3) is 0 Å². The summed E-state index contributed by atoms with van der Waals surface area (Å²) < 4.78 is 0. The van der Waals surface area contributed by atoms with Gasteiger partial charge in [0.15, 0.2) is 11.6 Å². The van der Waals surface area contributed by atoms with Gasteiger partial charge in [0.2, 0.25) is 0 Å². The van der Waals surface area contributed by atoms with E-state index in [1.54, 1.807) is 26.0 Å². The molecule has 2 rings (SSSR count). The van der Waals surface area contributed by atoms with Crippen LogP contribution >= 0.6 is 0 Å². The van der Waals surface area contributed by atoms with Gasteiger partial charge in [-0.3, -0.25) is 9.59 Å². The van der Waals surface area contributed by atoms with Crippen molar-refractivity contribution in [2.75, 3.05) is 0 Å². The zero-order valence-corrected chi connectivity index (χ0v) is 8.50. The molecule has 3 nitrogen and oxygen atoms in total. The fourth-order valence-corrected chi connectivity index (χ4v) is 1.70. The number of aromatic hydroxyl groups is 1. The first-order chi connectivity index (χ1) is 7.04. The van der Waals surface area contributed by atoms with Crippen LogP contribution < -0.4 is 0 Å². The van der Waals surface area contributed by atoms with Crippen molar-refractivity contribution in [1.82, 2.24) is 0 Å². The average Bonchev–Trinajstić information content (AvgIpc) is 2.23. The fourth-order valence-electron chi connectivity index (χ4n) is 1.70. The minimum absolute atomic E-state index is 0.127. The number of carbonyl (C=O) groups is 2. The van der Waals surface area contributed by atoms with Crippen LogP contribution in [0.15, 0.2) is 29.3 Å². The van der Waals surface area contributed by atoms with Gasteiger partial charge < -0.3 is 5.11 Å². The summed E-state index contributed by atoms with van der Waals surface area (Å²) in [5.74, 6) is -0.573. The molecule has 0 atom stereocenters. The molecule has 0 heterocycles. The van der Waals surface area contributed by atoms with Gasteiger partial charge in [-0.25, -0.2) is 0 Å². The first-order valence-corrected chi connectivity index (χ1v) is 4.63. The van der Waals surface area contributed by atoms with Gasteiger partial charge in [0, 0.05) is 16.7 Å². The van der Waals surface area contributed by atoms with Crippen molar-refractivity contribution in [1.29, 1.82) is 0 Å². The Morgan fingerprint density at radius 1 is 1.00 bits per heavy atom. The van der Waals surface area contributed by atoms with Crippen LogP contribution in [-0.4, -0.2) is 16.7 Å². The molecule has 76 valence electrons. The molecule has 1 aromatic carbocycles. The normalized spacial score (nSPS) is 15.6. The van der Waals surface area contributed by atoms with Crippen LogP contribution in [0.3, 0.4) is 0 Å². The topological polar surface area (TPSA) is 54.4 Å². The maximum atomic E-state index is 11.8. The van der Waals surface area contributed by atoms with Gasteiger partial charge in [-0.05, 0) is 19.9 Å². The number of allylic oxidation sites excluding steroid dienone is 2. The number of ketones is 2. The Bertz CT molecular complexity index is 510. The maximum absolute atomic E-state index is 11.8. The molecular formula is C12H10O3. The van der Waals surface area contributed by atoms with E-state index in [0.29, 0.717) is 16.7 Å². The van der Waals surface area contributed by atoms with Crippen molar-refractivity contribution in [3.05, 3.63) is 40.5 Å². The van der Waals surface area contributed by atoms with Crippen LogP contribution in [0.5, 0.6) is 5.75 Å². The highest BCUT2D eigenvalue weighted by molar-refractivity contribution is 6.27. The van der Waals surface area contributed by atoms with E-state index in [0.717, 1.165) is 0 Å². The van der Waals surface area contributed by atoms with Gasteiger partial charge in [0.1, 0.15) is 5.75 Å². The third kappa shape index (κ3) is 1.20. The molecule has 0 aliphatic heterocycles. The summed E-state index contributed by atoms with van der Waals surface area (Å²) in [5.41, 5.74) is 1.29. The molecular weight excluding hydrogens is 192 g/mol. The van der Waals surface area contributed by atoms with Gasteiger partial charge in [-0.2, -0.15) is 0 Å². The molecule has 0 bridgehead atoms. The molecule has 0 aromatic heterocycles. The smallest absolute Gasteiger partial charge is 0.193 e. The Kier molecular flexibility index (Phi) is 1.96. The molecule has 15 heavy (non-hydrogen) atoms. The molecule has 0 fully saturated rings. The largest absolute Gasteiger partial charge is 0.507 e. The standard InChI is InChI=1S/C12H10O3/c1-6-7(2)12(15)10-8(11(6)14)4-3-5-9(10)13/h3-5,13H,1-2H3. The second-order valence-electron chi connectivity index (χ2n) is 3.61. The van der Waals surface area contributed by atoms with Crippen molar-refractivity contribution >= 4 is 11.6 Å². The quantitative estimate of drug-likeness (QED) is 0.701. The van der Waals surface area contributed by atoms with E-state index in [2.05, 4.69) is 0 Å². The van der Waals surface area contributed by atoms with E-state index in [-0.39, 0.29) is 22.9 Å². The monoisotopic (exact) mass is 202 g/mol. The van der Waals surface area contributed by atoms with Gasteiger partial charge in [-0.15, -0.1) is 0 Å². The Labute approximate surface area is 87.0 Å². The Morgan fingerprint density at radius 2 is 1.60 bits per heavy atom. The number of benzene rings is 1. The number of carbonyl (C=O) groups excluding carboxylic acids is 2. The lowest BCUT2D eigenvalue weighted by atomic mass is 9.85. The number of Topliss-reactive ketones (excluding diaryl/α,β-unsaturated/α-hetero) is 2. The molecule has 0 unspecified atom stereocenters. The second kappa shape index (κ2) is 3.05. The highest BCUT2D eigenvalue weighted by Crippen LogP contribution is 2.31. The van der Waals surface area contributed by atoms with E-state index in [9.17, 15) is 14.7 Å². The number of hydrogen-bond donors (Lipinski definition) is 1. The van der Waals surface area contributed by atoms with Crippen LogP contribution in [0.1, 0.15) is 34.6 Å². The van der Waals surface area contributed by atoms with Crippen LogP contribution in [0, 0.1) is 0 Å². The summed E-state index contributed by atoms with van der Waals surface area (Å²) in [6, 6.07) is 4.54. The number of fused-ring (bicyclic) bond motifs is 1.